The maximum atomic E-state index is 11.7. The lowest BCUT2D eigenvalue weighted by atomic mass is 10.2. The predicted molar refractivity (Wildman–Crippen MR) is 80.8 cm³/mol. The fourth-order valence-electron chi connectivity index (χ4n) is 2.70. The lowest BCUT2D eigenvalue weighted by molar-refractivity contribution is 0.0943. The van der Waals surface area contributed by atoms with Gasteiger partial charge in [0.15, 0.2) is 5.75 Å². The molecule has 1 aromatic rings. The highest BCUT2D eigenvalue weighted by Crippen LogP contribution is 2.17. The number of ether oxygens (including phenoxy) is 1. The average Bonchev–Trinajstić information content (AvgIpc) is 2.98. The molecule has 7 nitrogen and oxygen atoms in total. The van der Waals surface area contributed by atoms with E-state index in [1.807, 2.05) is 9.47 Å². The van der Waals surface area contributed by atoms with Crippen LogP contribution in [0.4, 0.5) is 0 Å². The molecule has 0 amide bonds. The zero-order valence-corrected chi connectivity index (χ0v) is 12.6. The van der Waals surface area contributed by atoms with Gasteiger partial charge >= 0.3 is 0 Å². The van der Waals surface area contributed by atoms with Gasteiger partial charge in [-0.3, -0.25) is 9.69 Å². The summed E-state index contributed by atoms with van der Waals surface area (Å²) in [5, 5.41) is 27.8. The van der Waals surface area contributed by atoms with Gasteiger partial charge in [0, 0.05) is 44.5 Å². The monoisotopic (exact) mass is 312 g/mol. The summed E-state index contributed by atoms with van der Waals surface area (Å²) in [6, 6.07) is 1.41. The van der Waals surface area contributed by atoms with Crippen molar-refractivity contribution in [2.45, 2.75) is 32.0 Å². The summed E-state index contributed by atoms with van der Waals surface area (Å²) in [7, 11) is 0. The second-order valence-corrected chi connectivity index (χ2v) is 5.53. The minimum Gasteiger partial charge on any atom is -0.503 e. The van der Waals surface area contributed by atoms with Gasteiger partial charge in [0.1, 0.15) is 0 Å². The highest BCUT2D eigenvalue weighted by Gasteiger charge is 2.18. The molecular formula is C15H24N2O5. The number of hydrogen-bond acceptors (Lipinski definition) is 6. The first-order valence-electron chi connectivity index (χ1n) is 7.62. The van der Waals surface area contributed by atoms with Crippen LogP contribution < -0.4 is 5.43 Å². The number of nitrogens with zero attached hydrogens (tertiary/aromatic N) is 2. The Morgan fingerprint density at radius 2 is 2.05 bits per heavy atom. The Kier molecular flexibility index (Phi) is 6.38. The Balaban J connectivity index is 2.19. The van der Waals surface area contributed by atoms with Gasteiger partial charge in [0.25, 0.3) is 0 Å². The maximum absolute atomic E-state index is 11.7. The lowest BCUT2D eigenvalue weighted by Crippen LogP contribution is -2.32. The van der Waals surface area contributed by atoms with E-state index in [0.29, 0.717) is 26.2 Å². The van der Waals surface area contributed by atoms with Crippen LogP contribution in [-0.4, -0.2) is 63.8 Å². The van der Waals surface area contributed by atoms with Crippen molar-refractivity contribution in [3.05, 3.63) is 28.2 Å². The number of pyridine rings is 1. The van der Waals surface area contributed by atoms with E-state index in [0.717, 1.165) is 25.1 Å². The van der Waals surface area contributed by atoms with Crippen LogP contribution in [0.1, 0.15) is 18.5 Å². The summed E-state index contributed by atoms with van der Waals surface area (Å²) in [5.41, 5.74) is 0.312. The van der Waals surface area contributed by atoms with E-state index in [4.69, 9.17) is 14.9 Å². The van der Waals surface area contributed by atoms with Crippen LogP contribution in [-0.2, 0) is 17.8 Å². The number of aromatic nitrogens is 1. The van der Waals surface area contributed by atoms with Crippen LogP contribution >= 0.6 is 0 Å². The van der Waals surface area contributed by atoms with Crippen LogP contribution in [0, 0.1) is 0 Å². The van der Waals surface area contributed by atoms with Gasteiger partial charge in [-0.25, -0.2) is 0 Å². The molecule has 1 aliphatic heterocycles. The molecule has 1 saturated heterocycles. The third kappa shape index (κ3) is 4.54. The minimum absolute atomic E-state index is 0.0198. The molecule has 0 aromatic carbocycles. The van der Waals surface area contributed by atoms with Gasteiger partial charge in [-0.1, -0.05) is 0 Å². The van der Waals surface area contributed by atoms with E-state index in [1.54, 1.807) is 0 Å². The van der Waals surface area contributed by atoms with Crippen LogP contribution in [0.3, 0.4) is 0 Å². The molecule has 22 heavy (non-hydrogen) atoms. The minimum atomic E-state index is -0.425. The lowest BCUT2D eigenvalue weighted by Gasteiger charge is -2.24. The molecule has 2 heterocycles. The summed E-state index contributed by atoms with van der Waals surface area (Å²) in [6.07, 6.45) is 3.51. The van der Waals surface area contributed by atoms with Crippen molar-refractivity contribution in [3.8, 4) is 5.75 Å². The molecule has 2 rings (SSSR count). The number of hydrogen-bond donors (Lipinski definition) is 3. The molecule has 7 heteroatoms. The van der Waals surface area contributed by atoms with Gasteiger partial charge in [0.2, 0.25) is 5.43 Å². The topological polar surface area (TPSA) is 95.2 Å². The second-order valence-electron chi connectivity index (χ2n) is 5.53. The third-order valence-corrected chi connectivity index (χ3v) is 3.84. The van der Waals surface area contributed by atoms with Crippen molar-refractivity contribution >= 4 is 0 Å². The van der Waals surface area contributed by atoms with E-state index >= 15 is 0 Å². The first-order valence-corrected chi connectivity index (χ1v) is 7.62. The van der Waals surface area contributed by atoms with Crippen LogP contribution in [0.5, 0.6) is 5.75 Å². The molecule has 0 saturated carbocycles. The van der Waals surface area contributed by atoms with E-state index in [9.17, 15) is 9.90 Å². The van der Waals surface area contributed by atoms with E-state index in [-0.39, 0.29) is 25.1 Å². The molecule has 1 aliphatic rings. The summed E-state index contributed by atoms with van der Waals surface area (Å²) in [4.78, 5) is 13.6. The van der Waals surface area contributed by atoms with Crippen LogP contribution in [0.25, 0.3) is 0 Å². The standard InChI is InChI=1S/C15H24N2O5/c18-5-3-16(4-6-19)9-12-8-14(20)15(21)11-17(12)10-13-2-1-7-22-13/h8,11,13,18-19,21H,1-7,9-10H2. The molecule has 0 aliphatic carbocycles. The number of rotatable bonds is 8. The molecule has 0 bridgehead atoms. The molecule has 124 valence electrons. The van der Waals surface area contributed by atoms with Crippen molar-refractivity contribution < 1.29 is 20.1 Å². The van der Waals surface area contributed by atoms with E-state index in [2.05, 4.69) is 0 Å². The van der Waals surface area contributed by atoms with Crippen molar-refractivity contribution in [3.63, 3.8) is 0 Å². The Morgan fingerprint density at radius 3 is 2.64 bits per heavy atom. The fraction of sp³-hybridized carbons (Fsp3) is 0.667. The Bertz CT molecular complexity index is 519. The highest BCUT2D eigenvalue weighted by atomic mass is 16.5. The second kappa shape index (κ2) is 8.28. The van der Waals surface area contributed by atoms with Crippen LogP contribution in [0.15, 0.2) is 17.1 Å². The molecule has 3 N–H and O–H groups in total. The SMILES string of the molecule is O=c1cc(CN(CCO)CCO)n(CC2CCCO2)cc1O. The van der Waals surface area contributed by atoms with E-state index in [1.165, 1.54) is 12.3 Å². The molecule has 1 unspecified atom stereocenters. The smallest absolute Gasteiger partial charge is 0.223 e. The van der Waals surface area contributed by atoms with E-state index < -0.39 is 5.43 Å². The zero-order chi connectivity index (χ0) is 15.9. The van der Waals surface area contributed by atoms with Crippen molar-refractivity contribution in [2.75, 3.05) is 32.9 Å². The largest absolute Gasteiger partial charge is 0.503 e. The predicted octanol–water partition coefficient (Wildman–Crippen LogP) is -0.481. The molecular weight excluding hydrogens is 288 g/mol. The summed E-state index contributed by atoms with van der Waals surface area (Å²) in [5.74, 6) is -0.280. The maximum Gasteiger partial charge on any atom is 0.223 e. The van der Waals surface area contributed by atoms with Gasteiger partial charge in [-0.15, -0.1) is 0 Å². The zero-order valence-electron chi connectivity index (χ0n) is 12.6. The summed E-state index contributed by atoms with van der Waals surface area (Å²) >= 11 is 0. The fourth-order valence-corrected chi connectivity index (χ4v) is 2.70. The molecule has 0 radical (unpaired) electrons. The van der Waals surface area contributed by atoms with Crippen molar-refractivity contribution in [1.29, 1.82) is 0 Å². The first-order chi connectivity index (χ1) is 10.6. The summed E-state index contributed by atoms with van der Waals surface area (Å²) < 4.78 is 7.44. The van der Waals surface area contributed by atoms with Crippen LogP contribution in [0.2, 0.25) is 0 Å². The average molecular weight is 312 g/mol. The number of aliphatic hydroxyl groups is 2. The third-order valence-electron chi connectivity index (χ3n) is 3.84. The first kappa shape index (κ1) is 17.0. The molecule has 1 aromatic heterocycles. The normalized spacial score (nSPS) is 18.2. The number of aliphatic hydroxyl groups excluding tert-OH is 2. The molecule has 1 fully saturated rings. The molecule has 0 spiro atoms. The Hall–Kier alpha value is -1.41. The van der Waals surface area contributed by atoms with Gasteiger partial charge in [0.05, 0.1) is 25.5 Å². The summed E-state index contributed by atoms with van der Waals surface area (Å²) in [6.45, 7) is 2.53. The Labute approximate surface area is 129 Å². The highest BCUT2D eigenvalue weighted by molar-refractivity contribution is 5.20. The van der Waals surface area contributed by atoms with Gasteiger partial charge < -0.3 is 24.6 Å². The van der Waals surface area contributed by atoms with Gasteiger partial charge in [-0.2, -0.15) is 0 Å². The van der Waals surface area contributed by atoms with Gasteiger partial charge in [-0.05, 0) is 12.8 Å². The quantitative estimate of drug-likeness (QED) is 0.600. The Morgan fingerprint density at radius 1 is 1.32 bits per heavy atom. The molecule has 1 atom stereocenters. The number of aromatic hydroxyl groups is 1. The van der Waals surface area contributed by atoms with Crippen molar-refractivity contribution in [1.82, 2.24) is 9.47 Å². The van der Waals surface area contributed by atoms with Crippen molar-refractivity contribution in [2.24, 2.45) is 0 Å².